The summed E-state index contributed by atoms with van der Waals surface area (Å²) in [6.45, 7) is 2.57. The van der Waals surface area contributed by atoms with E-state index in [9.17, 15) is 4.79 Å². The summed E-state index contributed by atoms with van der Waals surface area (Å²) in [5.41, 5.74) is 11.0. The number of hydrogen-bond donors (Lipinski definition) is 1. The van der Waals surface area contributed by atoms with Crippen LogP contribution in [0.1, 0.15) is 30.0 Å². The maximum Gasteiger partial charge on any atom is 0.404 e. The first-order chi connectivity index (χ1) is 14.2. The van der Waals surface area contributed by atoms with Gasteiger partial charge in [0.05, 0.1) is 0 Å². The van der Waals surface area contributed by atoms with Crippen molar-refractivity contribution in [3.05, 3.63) is 102 Å². The number of primary amides is 1. The van der Waals surface area contributed by atoms with Crippen molar-refractivity contribution in [2.45, 2.75) is 13.3 Å². The molecule has 0 radical (unpaired) electrons. The van der Waals surface area contributed by atoms with Crippen LogP contribution in [0.25, 0.3) is 11.1 Å². The van der Waals surface area contributed by atoms with Gasteiger partial charge in [0.25, 0.3) is 0 Å². The molecule has 0 spiro atoms. The summed E-state index contributed by atoms with van der Waals surface area (Å²) >= 11 is 0. The van der Waals surface area contributed by atoms with Gasteiger partial charge in [-0.3, -0.25) is 0 Å². The lowest BCUT2D eigenvalue weighted by Gasteiger charge is -2.17. The molecule has 0 heterocycles. The average molecular weight is 387 g/mol. The Kier molecular flexibility index (Phi) is 7.06. The number of ether oxygens (including phenoxy) is 2. The van der Waals surface area contributed by atoms with Crippen molar-refractivity contribution in [1.82, 2.24) is 0 Å². The number of benzene rings is 3. The van der Waals surface area contributed by atoms with Crippen molar-refractivity contribution in [3.8, 4) is 5.75 Å². The molecule has 3 rings (SSSR count). The highest BCUT2D eigenvalue weighted by molar-refractivity contribution is 5.98. The van der Waals surface area contributed by atoms with Crippen LogP contribution in [0.3, 0.4) is 0 Å². The smallest absolute Gasteiger partial charge is 0.404 e. The molecular weight excluding hydrogens is 362 g/mol. The molecule has 29 heavy (non-hydrogen) atoms. The van der Waals surface area contributed by atoms with Gasteiger partial charge in [-0.25, -0.2) is 4.79 Å². The van der Waals surface area contributed by atoms with E-state index >= 15 is 0 Å². The van der Waals surface area contributed by atoms with Crippen LogP contribution in [0.4, 0.5) is 4.79 Å². The highest BCUT2D eigenvalue weighted by atomic mass is 16.6. The van der Waals surface area contributed by atoms with E-state index in [1.807, 2.05) is 24.3 Å². The summed E-state index contributed by atoms with van der Waals surface area (Å²) in [6.07, 6.45) is 0.117. The van der Waals surface area contributed by atoms with Crippen molar-refractivity contribution in [3.63, 3.8) is 0 Å². The predicted octanol–water partition coefficient (Wildman–Crippen LogP) is 5.53. The Labute approximate surface area is 171 Å². The van der Waals surface area contributed by atoms with Gasteiger partial charge in [0.2, 0.25) is 0 Å². The largest absolute Gasteiger partial charge is 0.490 e. The van der Waals surface area contributed by atoms with Gasteiger partial charge in [0, 0.05) is 0 Å². The molecule has 3 aromatic rings. The molecule has 0 aromatic heterocycles. The van der Waals surface area contributed by atoms with E-state index in [1.165, 1.54) is 22.3 Å². The summed E-state index contributed by atoms with van der Waals surface area (Å²) in [7, 11) is 0. The third kappa shape index (κ3) is 5.48. The maximum absolute atomic E-state index is 10.6. The lowest BCUT2D eigenvalue weighted by Crippen LogP contribution is -2.17. The molecule has 4 heteroatoms. The highest BCUT2D eigenvalue weighted by Crippen LogP contribution is 2.34. The number of rotatable bonds is 8. The topological polar surface area (TPSA) is 61.6 Å². The number of hydrogen-bond acceptors (Lipinski definition) is 3. The number of allylic oxidation sites excluding steroid dienone is 1. The van der Waals surface area contributed by atoms with Gasteiger partial charge < -0.3 is 15.2 Å². The molecule has 0 saturated carbocycles. The predicted molar refractivity (Wildman–Crippen MR) is 117 cm³/mol. The minimum Gasteiger partial charge on any atom is -0.490 e. The monoisotopic (exact) mass is 387 g/mol. The number of nitrogens with two attached hydrogens (primary N) is 1. The van der Waals surface area contributed by atoms with Crippen molar-refractivity contribution in [2.24, 2.45) is 5.73 Å². The Morgan fingerprint density at radius 1 is 0.759 bits per heavy atom. The van der Waals surface area contributed by atoms with Gasteiger partial charge in [0.15, 0.2) is 0 Å². The van der Waals surface area contributed by atoms with Gasteiger partial charge in [0.1, 0.15) is 19.0 Å². The molecule has 148 valence electrons. The maximum atomic E-state index is 10.6. The molecule has 0 saturated heterocycles. The van der Waals surface area contributed by atoms with Gasteiger partial charge in [-0.15, -0.1) is 0 Å². The molecule has 1 amide bonds. The van der Waals surface area contributed by atoms with Gasteiger partial charge >= 0.3 is 6.09 Å². The summed E-state index contributed by atoms with van der Waals surface area (Å²) in [4.78, 5) is 10.6. The fourth-order valence-corrected chi connectivity index (χ4v) is 3.30. The molecule has 4 nitrogen and oxygen atoms in total. The Morgan fingerprint density at radius 2 is 1.31 bits per heavy atom. The van der Waals surface area contributed by atoms with E-state index in [0.717, 1.165) is 12.0 Å². The fraction of sp³-hybridized carbons (Fsp3) is 0.160. The Bertz CT molecular complexity index is 948. The van der Waals surface area contributed by atoms with E-state index in [0.29, 0.717) is 5.75 Å². The molecule has 0 unspecified atom stereocenters. The Balaban J connectivity index is 1.93. The van der Waals surface area contributed by atoms with Crippen molar-refractivity contribution < 1.29 is 14.3 Å². The molecule has 3 aromatic carbocycles. The zero-order valence-electron chi connectivity index (χ0n) is 16.5. The van der Waals surface area contributed by atoms with Crippen LogP contribution >= 0.6 is 0 Å². The second kappa shape index (κ2) is 10.1. The van der Waals surface area contributed by atoms with Crippen LogP contribution in [0.5, 0.6) is 5.75 Å². The standard InChI is InChI=1S/C25H25NO3/c1-2-23(19-9-5-3-6-10-19)24(20-11-7-4-8-12-20)21-13-15-22(16-14-21)28-17-18-29-25(26)27/h3-16H,2,17-18H2,1H3,(H2,26,27)/b24-23-. The van der Waals surface area contributed by atoms with Crippen molar-refractivity contribution in [2.75, 3.05) is 13.2 Å². The van der Waals surface area contributed by atoms with Crippen LogP contribution in [-0.4, -0.2) is 19.3 Å². The van der Waals surface area contributed by atoms with E-state index < -0.39 is 6.09 Å². The second-order valence-electron chi connectivity index (χ2n) is 6.48. The molecular formula is C25H25NO3. The first-order valence-corrected chi connectivity index (χ1v) is 9.68. The summed E-state index contributed by atoms with van der Waals surface area (Å²) in [5, 5.41) is 0. The van der Waals surface area contributed by atoms with Crippen LogP contribution in [0.2, 0.25) is 0 Å². The van der Waals surface area contributed by atoms with Crippen LogP contribution in [-0.2, 0) is 4.74 Å². The van der Waals surface area contributed by atoms with Crippen molar-refractivity contribution >= 4 is 17.2 Å². The molecule has 0 aliphatic rings. The number of amides is 1. The SMILES string of the molecule is CC/C(=C(\c1ccccc1)c1ccc(OCCOC(N)=O)cc1)c1ccccc1. The van der Waals surface area contributed by atoms with Gasteiger partial charge in [-0.2, -0.15) is 0 Å². The third-order valence-corrected chi connectivity index (χ3v) is 4.58. The third-order valence-electron chi connectivity index (χ3n) is 4.58. The first kappa shape index (κ1) is 20.2. The fourth-order valence-electron chi connectivity index (χ4n) is 3.30. The molecule has 0 atom stereocenters. The lowest BCUT2D eigenvalue weighted by atomic mass is 9.88. The van der Waals surface area contributed by atoms with E-state index in [2.05, 4.69) is 72.3 Å². The zero-order chi connectivity index (χ0) is 20.5. The quantitative estimate of drug-likeness (QED) is 0.408. The zero-order valence-corrected chi connectivity index (χ0v) is 16.5. The van der Waals surface area contributed by atoms with Gasteiger partial charge in [-0.1, -0.05) is 79.7 Å². The highest BCUT2D eigenvalue weighted by Gasteiger charge is 2.13. The average Bonchev–Trinajstić information content (AvgIpc) is 2.76. The molecule has 0 fully saturated rings. The Morgan fingerprint density at radius 3 is 1.86 bits per heavy atom. The molecule has 0 aliphatic heterocycles. The summed E-state index contributed by atoms with van der Waals surface area (Å²) in [6, 6.07) is 28.9. The van der Waals surface area contributed by atoms with E-state index in [4.69, 9.17) is 10.5 Å². The first-order valence-electron chi connectivity index (χ1n) is 9.68. The molecule has 2 N–H and O–H groups in total. The van der Waals surface area contributed by atoms with E-state index in [-0.39, 0.29) is 13.2 Å². The van der Waals surface area contributed by atoms with Crippen LogP contribution in [0.15, 0.2) is 84.9 Å². The number of carbonyl (C=O) groups is 1. The summed E-state index contributed by atoms with van der Waals surface area (Å²) < 4.78 is 10.3. The minimum atomic E-state index is -0.797. The minimum absolute atomic E-state index is 0.125. The Hall–Kier alpha value is -3.53. The van der Waals surface area contributed by atoms with E-state index in [1.54, 1.807) is 0 Å². The van der Waals surface area contributed by atoms with Crippen molar-refractivity contribution in [1.29, 1.82) is 0 Å². The molecule has 0 bridgehead atoms. The number of carbonyl (C=O) groups excluding carboxylic acids is 1. The molecule has 0 aliphatic carbocycles. The second-order valence-corrected chi connectivity index (χ2v) is 6.48. The summed E-state index contributed by atoms with van der Waals surface area (Å²) in [5.74, 6) is 0.715. The van der Waals surface area contributed by atoms with Gasteiger partial charge in [-0.05, 0) is 46.4 Å². The van der Waals surface area contributed by atoms with Crippen LogP contribution < -0.4 is 10.5 Å². The normalized spacial score (nSPS) is 11.5. The lowest BCUT2D eigenvalue weighted by molar-refractivity contribution is 0.134. The van der Waals surface area contributed by atoms with Crippen LogP contribution in [0, 0.1) is 0 Å².